The number of pyridine rings is 2. The van der Waals surface area contributed by atoms with Crippen molar-refractivity contribution in [2.24, 2.45) is 5.73 Å². The van der Waals surface area contributed by atoms with Crippen LogP contribution in [-0.4, -0.2) is 20.6 Å². The number of aryl methyl sites for hydroxylation is 1. The molecule has 0 amide bonds. The lowest BCUT2D eigenvalue weighted by molar-refractivity contribution is -0.172. The van der Waals surface area contributed by atoms with E-state index in [1.807, 2.05) is 0 Å². The predicted octanol–water partition coefficient (Wildman–Crippen LogP) is 2.81. The van der Waals surface area contributed by atoms with Gasteiger partial charge in [-0.05, 0) is 48.9 Å². The van der Waals surface area contributed by atoms with Gasteiger partial charge in [-0.1, -0.05) is 13.0 Å². The van der Waals surface area contributed by atoms with Crippen molar-refractivity contribution < 1.29 is 19.0 Å². The highest BCUT2D eigenvalue weighted by atomic mass is 19.1. The molecule has 2 aromatic heterocycles. The monoisotopic (exact) mass is 461 g/mol. The minimum atomic E-state index is -1.91. The van der Waals surface area contributed by atoms with E-state index in [-0.39, 0.29) is 42.1 Å². The number of hydrogen-bond acceptors (Lipinski definition) is 6. The van der Waals surface area contributed by atoms with Gasteiger partial charge in [-0.25, -0.2) is 14.2 Å². The largest absolute Gasteiger partial charge is 0.458 e. The minimum Gasteiger partial charge on any atom is -0.458 e. The molecule has 1 aromatic carbocycles. The maximum atomic E-state index is 14.8. The van der Waals surface area contributed by atoms with Gasteiger partial charge in [0, 0.05) is 22.6 Å². The number of fused-ring (bicyclic) bond motifs is 5. The number of ether oxygens (including phenoxy) is 1. The van der Waals surface area contributed by atoms with Gasteiger partial charge < -0.3 is 20.1 Å². The molecule has 174 valence electrons. The van der Waals surface area contributed by atoms with Crippen molar-refractivity contribution in [1.29, 1.82) is 0 Å². The summed E-state index contributed by atoms with van der Waals surface area (Å²) >= 11 is 0. The first kappa shape index (κ1) is 21.2. The van der Waals surface area contributed by atoms with Crippen molar-refractivity contribution in [2.75, 3.05) is 0 Å². The van der Waals surface area contributed by atoms with E-state index in [0.717, 1.165) is 22.1 Å². The van der Waals surface area contributed by atoms with Gasteiger partial charge in [0.2, 0.25) is 0 Å². The summed E-state index contributed by atoms with van der Waals surface area (Å²) in [5.74, 6) is -1.12. The Hall–Kier alpha value is -3.36. The SMILES string of the molecule is C=C[C@]1(N)CCc2c(C)c(F)cc3nc4c(c1c23)Cn1c-4cc2c(c1=O)COC(=O)[C@]2(O)CC. The molecular weight excluding hydrogens is 437 g/mol. The standard InChI is InChI=1S/C26H24FN3O4/c1-4-25(28)7-6-13-12(3)17(27)9-18-20(13)21(25)14-10-30-19(22(14)29-18)8-16-15(23(30)31)11-34-24(32)26(16,33)5-2/h4,8-9,33H,1,5-7,10-11,28H2,2-3H3/t25-,26-/m0/s1. The molecule has 1 aliphatic carbocycles. The van der Waals surface area contributed by atoms with Gasteiger partial charge in [0.1, 0.15) is 12.4 Å². The van der Waals surface area contributed by atoms with Crippen LogP contribution in [0.15, 0.2) is 29.6 Å². The highest BCUT2D eigenvalue weighted by molar-refractivity contribution is 5.94. The van der Waals surface area contributed by atoms with Crippen molar-refractivity contribution in [2.45, 2.75) is 57.4 Å². The highest BCUT2D eigenvalue weighted by Crippen LogP contribution is 2.47. The van der Waals surface area contributed by atoms with Gasteiger partial charge in [-0.2, -0.15) is 0 Å². The number of aromatic nitrogens is 2. The number of halogens is 1. The molecule has 3 aliphatic rings. The van der Waals surface area contributed by atoms with E-state index in [9.17, 15) is 19.1 Å². The summed E-state index contributed by atoms with van der Waals surface area (Å²) < 4.78 is 21.5. The van der Waals surface area contributed by atoms with Crippen LogP contribution in [0.4, 0.5) is 4.39 Å². The summed E-state index contributed by atoms with van der Waals surface area (Å²) in [4.78, 5) is 30.7. The molecule has 0 radical (unpaired) electrons. The van der Waals surface area contributed by atoms with E-state index in [0.29, 0.717) is 35.3 Å². The van der Waals surface area contributed by atoms with Gasteiger partial charge in [-0.3, -0.25) is 4.79 Å². The molecule has 4 heterocycles. The van der Waals surface area contributed by atoms with Gasteiger partial charge in [-0.15, -0.1) is 6.58 Å². The lowest BCUT2D eigenvalue weighted by Gasteiger charge is -2.35. The van der Waals surface area contributed by atoms with Gasteiger partial charge >= 0.3 is 5.97 Å². The average Bonchev–Trinajstić information content (AvgIpc) is 3.19. The summed E-state index contributed by atoms with van der Waals surface area (Å²) in [7, 11) is 0. The molecule has 2 atom stereocenters. The van der Waals surface area contributed by atoms with Crippen molar-refractivity contribution in [3.8, 4) is 11.4 Å². The fraction of sp³-hybridized carbons (Fsp3) is 0.346. The Kier molecular flexibility index (Phi) is 4.12. The molecule has 0 bridgehead atoms. The number of carbonyl (C=O) groups is 1. The first-order valence-corrected chi connectivity index (χ1v) is 11.4. The minimum absolute atomic E-state index is 0.0568. The molecule has 3 aromatic rings. The lowest BCUT2D eigenvalue weighted by Crippen LogP contribution is -2.44. The second-order valence-corrected chi connectivity index (χ2v) is 9.52. The normalized spacial score (nSPS) is 24.4. The highest BCUT2D eigenvalue weighted by Gasteiger charge is 2.46. The van der Waals surface area contributed by atoms with Crippen LogP contribution < -0.4 is 11.3 Å². The topological polar surface area (TPSA) is 107 Å². The third-order valence-electron chi connectivity index (χ3n) is 7.92. The lowest BCUT2D eigenvalue weighted by atomic mass is 9.74. The molecule has 2 aliphatic heterocycles. The summed E-state index contributed by atoms with van der Waals surface area (Å²) in [6.45, 7) is 7.42. The molecule has 34 heavy (non-hydrogen) atoms. The second-order valence-electron chi connectivity index (χ2n) is 9.52. The van der Waals surface area contributed by atoms with Crippen LogP contribution in [0, 0.1) is 12.7 Å². The number of cyclic esters (lactones) is 1. The molecular formula is C26H24FN3O4. The van der Waals surface area contributed by atoms with Gasteiger partial charge in [0.25, 0.3) is 5.56 Å². The number of nitrogens with zero attached hydrogens (tertiary/aromatic N) is 2. The Bertz CT molecular complexity index is 1540. The molecule has 0 unspecified atom stereocenters. The number of rotatable bonds is 2. The van der Waals surface area contributed by atoms with Crippen LogP contribution in [0.5, 0.6) is 0 Å². The van der Waals surface area contributed by atoms with E-state index in [1.165, 1.54) is 6.07 Å². The molecule has 0 saturated carbocycles. The van der Waals surface area contributed by atoms with Gasteiger partial charge in [0.15, 0.2) is 5.60 Å². The van der Waals surface area contributed by atoms with Crippen LogP contribution in [0.25, 0.3) is 22.3 Å². The van der Waals surface area contributed by atoms with Gasteiger partial charge in [0.05, 0.1) is 34.6 Å². The molecule has 8 heteroatoms. The molecule has 0 fully saturated rings. The first-order chi connectivity index (χ1) is 16.1. The molecule has 0 saturated heterocycles. The van der Waals surface area contributed by atoms with Crippen molar-refractivity contribution in [1.82, 2.24) is 9.55 Å². The number of benzene rings is 1. The zero-order valence-electron chi connectivity index (χ0n) is 19.0. The predicted molar refractivity (Wildman–Crippen MR) is 124 cm³/mol. The van der Waals surface area contributed by atoms with Crippen LogP contribution in [0.3, 0.4) is 0 Å². The number of esters is 1. The number of hydrogen-bond donors (Lipinski definition) is 2. The molecule has 6 rings (SSSR count). The van der Waals surface area contributed by atoms with E-state index >= 15 is 0 Å². The number of carbonyl (C=O) groups excluding carboxylic acids is 1. The number of aliphatic hydroxyl groups is 1. The smallest absolute Gasteiger partial charge is 0.343 e. The van der Waals surface area contributed by atoms with E-state index < -0.39 is 17.1 Å². The van der Waals surface area contributed by atoms with Crippen LogP contribution in [0.1, 0.15) is 53.1 Å². The van der Waals surface area contributed by atoms with E-state index in [1.54, 1.807) is 30.6 Å². The molecule has 3 N–H and O–H groups in total. The fourth-order valence-electron chi connectivity index (χ4n) is 5.87. The van der Waals surface area contributed by atoms with Crippen molar-refractivity contribution >= 4 is 16.9 Å². The summed E-state index contributed by atoms with van der Waals surface area (Å²) in [5.41, 5.74) is 8.70. The van der Waals surface area contributed by atoms with Crippen molar-refractivity contribution in [3.63, 3.8) is 0 Å². The van der Waals surface area contributed by atoms with Crippen LogP contribution >= 0.6 is 0 Å². The Morgan fingerprint density at radius 3 is 2.79 bits per heavy atom. The summed E-state index contributed by atoms with van der Waals surface area (Å²) in [6.07, 6.45) is 2.92. The Balaban J connectivity index is 1.73. The third-order valence-corrected chi connectivity index (χ3v) is 7.92. The van der Waals surface area contributed by atoms with Crippen LogP contribution in [-0.2, 0) is 40.2 Å². The summed E-state index contributed by atoms with van der Waals surface area (Å²) in [5, 5.41) is 11.9. The maximum absolute atomic E-state index is 14.8. The molecule has 0 spiro atoms. The zero-order chi connectivity index (χ0) is 24.2. The van der Waals surface area contributed by atoms with Crippen molar-refractivity contribution in [3.05, 3.63) is 74.3 Å². The first-order valence-electron chi connectivity index (χ1n) is 11.4. The van der Waals surface area contributed by atoms with E-state index in [4.69, 9.17) is 15.5 Å². The fourth-order valence-corrected chi connectivity index (χ4v) is 5.87. The quantitative estimate of drug-likeness (QED) is 0.351. The van der Waals surface area contributed by atoms with Crippen LogP contribution in [0.2, 0.25) is 0 Å². The summed E-state index contributed by atoms with van der Waals surface area (Å²) in [6, 6.07) is 3.06. The molecule has 7 nitrogen and oxygen atoms in total. The number of nitrogens with two attached hydrogens (primary N) is 1. The Morgan fingerprint density at radius 2 is 2.09 bits per heavy atom. The average molecular weight is 461 g/mol. The third kappa shape index (κ3) is 2.39. The zero-order valence-corrected chi connectivity index (χ0v) is 19.0. The second kappa shape index (κ2) is 6.61. The van der Waals surface area contributed by atoms with E-state index in [2.05, 4.69) is 6.58 Å². The Labute approximate surface area is 194 Å². The maximum Gasteiger partial charge on any atom is 0.343 e. The Morgan fingerprint density at radius 1 is 1.32 bits per heavy atom.